The molecule has 0 saturated heterocycles. The number of benzene rings is 2. The zero-order valence-corrected chi connectivity index (χ0v) is 17.1. The Morgan fingerprint density at radius 3 is 2.63 bits per heavy atom. The maximum Gasteiger partial charge on any atom is 0.128 e. The predicted molar refractivity (Wildman–Crippen MR) is 119 cm³/mol. The molecule has 0 radical (unpaired) electrons. The van der Waals surface area contributed by atoms with E-state index in [-0.39, 0.29) is 12.4 Å². The summed E-state index contributed by atoms with van der Waals surface area (Å²) < 4.78 is 13.3. The van der Waals surface area contributed by atoms with Crippen LogP contribution in [0.15, 0.2) is 48.5 Å². The monoisotopic (exact) mass is 430 g/mol. The summed E-state index contributed by atoms with van der Waals surface area (Å²) in [4.78, 5) is 4.42. The molecule has 158 valence electrons. The highest BCUT2D eigenvalue weighted by molar-refractivity contribution is 6.30. The first-order valence-electron chi connectivity index (χ1n) is 9.53. The van der Waals surface area contributed by atoms with E-state index in [1.165, 1.54) is 0 Å². The van der Waals surface area contributed by atoms with Gasteiger partial charge in [-0.05, 0) is 55.4 Å². The van der Waals surface area contributed by atoms with Crippen LogP contribution in [0.2, 0.25) is 5.02 Å². The van der Waals surface area contributed by atoms with E-state index in [9.17, 15) is 9.50 Å². The van der Waals surface area contributed by atoms with Gasteiger partial charge in [-0.2, -0.15) is 0 Å². The molecule has 3 rings (SSSR count). The van der Waals surface area contributed by atoms with E-state index in [2.05, 4.69) is 15.6 Å². The number of aliphatic hydroxyl groups excluding tert-OH is 1. The summed E-state index contributed by atoms with van der Waals surface area (Å²) in [5.74, 6) is 0.419. The van der Waals surface area contributed by atoms with Crippen molar-refractivity contribution in [2.24, 2.45) is 0 Å². The van der Waals surface area contributed by atoms with Crippen molar-refractivity contribution in [3.8, 4) is 17.0 Å². The first-order chi connectivity index (χ1) is 14.5. The lowest BCUT2D eigenvalue weighted by atomic mass is 10.1. The molecule has 8 heteroatoms. The number of nitrogens with zero attached hydrogens (tertiary/aromatic N) is 1. The van der Waals surface area contributed by atoms with E-state index in [1.54, 1.807) is 42.5 Å². The molecule has 1 heterocycles. The molecule has 0 saturated carbocycles. The minimum atomic E-state index is -0.653. The first-order valence-corrected chi connectivity index (χ1v) is 9.91. The number of nitrogens with two attached hydrogens (primary N) is 1. The Morgan fingerprint density at radius 2 is 1.90 bits per heavy atom. The molecular weight excluding hydrogens is 407 g/mol. The number of aliphatic hydroxyl groups is 1. The van der Waals surface area contributed by atoms with Crippen LogP contribution >= 0.6 is 11.6 Å². The van der Waals surface area contributed by atoms with Crippen LogP contribution in [0.4, 0.5) is 21.6 Å². The average Bonchev–Trinajstić information content (AvgIpc) is 2.74. The number of alkyl halides is 1. The van der Waals surface area contributed by atoms with Gasteiger partial charge in [-0.15, -0.1) is 0 Å². The number of nitrogen functional groups attached to an aromatic ring is 1. The molecule has 0 bridgehead atoms. The van der Waals surface area contributed by atoms with Crippen LogP contribution in [0.3, 0.4) is 0 Å². The Hall–Kier alpha value is -2.87. The molecular formula is C22H24ClFN4O2. The van der Waals surface area contributed by atoms with E-state index in [4.69, 9.17) is 22.4 Å². The van der Waals surface area contributed by atoms with Crippen LogP contribution in [-0.2, 0) is 13.2 Å². The third kappa shape index (κ3) is 5.38. The number of halogens is 2. The lowest BCUT2D eigenvalue weighted by Gasteiger charge is -2.13. The highest BCUT2D eigenvalue weighted by Gasteiger charge is 2.11. The number of aromatic hydroxyl groups is 1. The number of nitrogens with one attached hydrogen (secondary N) is 2. The first kappa shape index (κ1) is 21.8. The Kier molecular flexibility index (Phi) is 7.46. The zero-order chi connectivity index (χ0) is 21.5. The van der Waals surface area contributed by atoms with Gasteiger partial charge in [0.2, 0.25) is 0 Å². The Morgan fingerprint density at radius 1 is 1.07 bits per heavy atom. The summed E-state index contributed by atoms with van der Waals surface area (Å²) >= 11 is 5.94. The van der Waals surface area contributed by atoms with Gasteiger partial charge in [0.1, 0.15) is 18.2 Å². The van der Waals surface area contributed by atoms with Crippen molar-refractivity contribution in [1.82, 2.24) is 10.3 Å². The largest absolute Gasteiger partial charge is 0.507 e. The van der Waals surface area contributed by atoms with Crippen molar-refractivity contribution in [2.75, 3.05) is 24.2 Å². The summed E-state index contributed by atoms with van der Waals surface area (Å²) in [7, 11) is 0. The SMILES string of the molecule is Nc1nc(-c2cc(Nc3ccc(Cl)cc3CF)ccc2O)ccc1CNCCCO. The van der Waals surface area contributed by atoms with Crippen LogP contribution in [0.25, 0.3) is 11.3 Å². The summed E-state index contributed by atoms with van der Waals surface area (Å²) in [6.07, 6.45) is 0.664. The average molecular weight is 431 g/mol. The molecule has 0 fully saturated rings. The van der Waals surface area contributed by atoms with Gasteiger partial charge in [0.25, 0.3) is 0 Å². The van der Waals surface area contributed by atoms with Gasteiger partial charge in [0.05, 0.1) is 5.69 Å². The van der Waals surface area contributed by atoms with Crippen LogP contribution in [0.1, 0.15) is 17.5 Å². The Labute approximate surface area is 179 Å². The van der Waals surface area contributed by atoms with Crippen LogP contribution < -0.4 is 16.4 Å². The van der Waals surface area contributed by atoms with Crippen molar-refractivity contribution in [3.05, 3.63) is 64.7 Å². The van der Waals surface area contributed by atoms with Gasteiger partial charge >= 0.3 is 0 Å². The summed E-state index contributed by atoms with van der Waals surface area (Å²) in [5, 5.41) is 26.0. The fourth-order valence-corrected chi connectivity index (χ4v) is 3.19. The molecule has 2 aromatic carbocycles. The lowest BCUT2D eigenvalue weighted by Crippen LogP contribution is -2.17. The van der Waals surface area contributed by atoms with Crippen molar-refractivity contribution >= 4 is 28.8 Å². The van der Waals surface area contributed by atoms with E-state index in [0.29, 0.717) is 58.5 Å². The van der Waals surface area contributed by atoms with Crippen LogP contribution in [-0.4, -0.2) is 28.3 Å². The van der Waals surface area contributed by atoms with E-state index in [0.717, 1.165) is 5.56 Å². The molecule has 30 heavy (non-hydrogen) atoms. The number of hydrogen-bond donors (Lipinski definition) is 5. The number of phenolic OH excluding ortho intramolecular Hbond substituents is 1. The number of aromatic nitrogens is 1. The predicted octanol–water partition coefficient (Wildman–Crippen LogP) is 4.37. The van der Waals surface area contributed by atoms with Crippen LogP contribution in [0.5, 0.6) is 5.75 Å². The number of anilines is 3. The Balaban J connectivity index is 1.82. The molecule has 1 aromatic heterocycles. The summed E-state index contributed by atoms with van der Waals surface area (Å²) in [5.41, 5.74) is 9.64. The molecule has 6 nitrogen and oxygen atoms in total. The quantitative estimate of drug-likeness (QED) is 0.255. The van der Waals surface area contributed by atoms with Gasteiger partial charge in [-0.25, -0.2) is 9.37 Å². The van der Waals surface area contributed by atoms with Gasteiger partial charge in [-0.1, -0.05) is 17.7 Å². The third-order valence-electron chi connectivity index (χ3n) is 4.60. The lowest BCUT2D eigenvalue weighted by molar-refractivity contribution is 0.286. The normalized spacial score (nSPS) is 10.9. The van der Waals surface area contributed by atoms with Crippen LogP contribution in [0, 0.1) is 0 Å². The fourth-order valence-electron chi connectivity index (χ4n) is 3.00. The second-order valence-electron chi connectivity index (χ2n) is 6.79. The molecule has 0 aliphatic heterocycles. The molecule has 0 amide bonds. The standard InChI is InChI=1S/C22H24ClFN4O2/c23-16-3-6-19(15(10-16)12-24)27-17-4-7-21(30)18(11-17)20-5-2-14(22(25)28-20)13-26-8-1-9-29/h2-7,10-11,26-27,29-30H,1,8-9,12-13H2,(H2,25,28). The molecule has 0 aliphatic carbocycles. The van der Waals surface area contributed by atoms with Crippen molar-refractivity contribution in [2.45, 2.75) is 19.6 Å². The van der Waals surface area contributed by atoms with Gasteiger partial charge in [-0.3, -0.25) is 0 Å². The van der Waals surface area contributed by atoms with Crippen molar-refractivity contribution in [3.63, 3.8) is 0 Å². The minimum Gasteiger partial charge on any atom is -0.507 e. The zero-order valence-electron chi connectivity index (χ0n) is 16.3. The summed E-state index contributed by atoms with van der Waals surface area (Å²) in [6, 6.07) is 13.6. The highest BCUT2D eigenvalue weighted by Crippen LogP contribution is 2.33. The van der Waals surface area contributed by atoms with Crippen molar-refractivity contribution in [1.29, 1.82) is 0 Å². The second-order valence-corrected chi connectivity index (χ2v) is 7.22. The smallest absolute Gasteiger partial charge is 0.128 e. The maximum absolute atomic E-state index is 13.3. The maximum atomic E-state index is 13.3. The van der Waals surface area contributed by atoms with Crippen molar-refractivity contribution < 1.29 is 14.6 Å². The highest BCUT2D eigenvalue weighted by atomic mass is 35.5. The molecule has 0 unspecified atom stereocenters. The van der Waals surface area contributed by atoms with Gasteiger partial charge in [0.15, 0.2) is 0 Å². The molecule has 0 spiro atoms. The number of phenols is 1. The number of hydrogen-bond acceptors (Lipinski definition) is 6. The molecule has 3 aromatic rings. The number of rotatable bonds is 9. The third-order valence-corrected chi connectivity index (χ3v) is 4.84. The number of pyridine rings is 1. The summed E-state index contributed by atoms with van der Waals surface area (Å²) in [6.45, 7) is 0.693. The molecule has 0 atom stereocenters. The topological polar surface area (TPSA) is 103 Å². The van der Waals surface area contributed by atoms with Gasteiger partial charge in [0, 0.05) is 46.2 Å². The molecule has 6 N–H and O–H groups in total. The molecule has 0 aliphatic rings. The van der Waals surface area contributed by atoms with E-state index in [1.807, 2.05) is 6.07 Å². The van der Waals surface area contributed by atoms with E-state index >= 15 is 0 Å². The van der Waals surface area contributed by atoms with Gasteiger partial charge < -0.3 is 26.6 Å². The second kappa shape index (κ2) is 10.2. The minimum absolute atomic E-state index is 0.0584. The fraction of sp³-hybridized carbons (Fsp3) is 0.227. The van der Waals surface area contributed by atoms with E-state index < -0.39 is 6.67 Å². The Bertz CT molecular complexity index is 1020.